The van der Waals surface area contributed by atoms with Crippen LogP contribution in [0, 0.1) is 12.7 Å². The third-order valence-corrected chi connectivity index (χ3v) is 2.91. The van der Waals surface area contributed by atoms with Gasteiger partial charge in [0.1, 0.15) is 5.82 Å². The normalized spacial score (nSPS) is 10.8. The van der Waals surface area contributed by atoms with Crippen molar-refractivity contribution in [2.45, 2.75) is 20.8 Å². The molecular formula is C13H21FN2. The average Bonchev–Trinajstić information content (AvgIpc) is 2.30. The number of nitrogens with zero attached hydrogens (tertiary/aromatic N) is 1. The zero-order valence-electron chi connectivity index (χ0n) is 10.4. The third kappa shape index (κ3) is 3.49. The van der Waals surface area contributed by atoms with Crippen LogP contribution >= 0.6 is 0 Å². The molecule has 0 saturated carbocycles. The van der Waals surface area contributed by atoms with E-state index in [0.29, 0.717) is 5.56 Å². The molecule has 0 spiro atoms. The Labute approximate surface area is 97.5 Å². The van der Waals surface area contributed by atoms with Gasteiger partial charge in [-0.3, -0.25) is 0 Å². The number of hydrogen-bond donors (Lipinski definition) is 1. The van der Waals surface area contributed by atoms with Crippen LogP contribution in [0.25, 0.3) is 0 Å². The molecule has 1 aromatic carbocycles. The molecule has 0 radical (unpaired) electrons. The zero-order valence-corrected chi connectivity index (χ0v) is 10.4. The number of hydrogen-bond acceptors (Lipinski definition) is 2. The molecule has 1 aromatic rings. The lowest BCUT2D eigenvalue weighted by molar-refractivity contribution is 0.316. The largest absolute Gasteiger partial charge is 0.383 e. The monoisotopic (exact) mass is 224 g/mol. The number of anilines is 1. The Hall–Kier alpha value is -1.09. The van der Waals surface area contributed by atoms with Crippen LogP contribution in [0.2, 0.25) is 0 Å². The van der Waals surface area contributed by atoms with Gasteiger partial charge in [-0.15, -0.1) is 0 Å². The lowest BCUT2D eigenvalue weighted by Gasteiger charge is -2.19. The molecule has 0 aliphatic rings. The Morgan fingerprint density at radius 3 is 2.56 bits per heavy atom. The van der Waals surface area contributed by atoms with Crippen molar-refractivity contribution in [1.82, 2.24) is 4.90 Å². The van der Waals surface area contributed by atoms with Gasteiger partial charge in [0.15, 0.2) is 0 Å². The molecule has 2 nitrogen and oxygen atoms in total. The fourth-order valence-corrected chi connectivity index (χ4v) is 1.69. The van der Waals surface area contributed by atoms with Crippen molar-refractivity contribution < 1.29 is 4.39 Å². The van der Waals surface area contributed by atoms with Crippen molar-refractivity contribution in [3.63, 3.8) is 0 Å². The van der Waals surface area contributed by atoms with Gasteiger partial charge in [-0.1, -0.05) is 19.9 Å². The van der Waals surface area contributed by atoms with Crippen molar-refractivity contribution in [3.8, 4) is 0 Å². The van der Waals surface area contributed by atoms with E-state index in [9.17, 15) is 4.39 Å². The van der Waals surface area contributed by atoms with Crippen LogP contribution in [-0.2, 0) is 0 Å². The van der Waals surface area contributed by atoms with Crippen molar-refractivity contribution >= 4 is 5.69 Å². The molecule has 0 bridgehead atoms. The Bertz CT molecular complexity index is 322. The highest BCUT2D eigenvalue weighted by Gasteiger charge is 2.03. The van der Waals surface area contributed by atoms with Crippen LogP contribution < -0.4 is 5.32 Å². The molecule has 0 aliphatic carbocycles. The van der Waals surface area contributed by atoms with Crippen LogP contribution in [0.3, 0.4) is 0 Å². The summed E-state index contributed by atoms with van der Waals surface area (Å²) in [7, 11) is 0. The highest BCUT2D eigenvalue weighted by molar-refractivity contribution is 5.50. The topological polar surface area (TPSA) is 15.3 Å². The molecule has 0 aliphatic heterocycles. The van der Waals surface area contributed by atoms with Crippen LogP contribution in [-0.4, -0.2) is 31.1 Å². The van der Waals surface area contributed by atoms with Gasteiger partial charge in [0, 0.05) is 24.3 Å². The van der Waals surface area contributed by atoms with Gasteiger partial charge in [0.25, 0.3) is 0 Å². The second-order valence-electron chi connectivity index (χ2n) is 3.87. The van der Waals surface area contributed by atoms with Crippen LogP contribution in [0.4, 0.5) is 10.1 Å². The summed E-state index contributed by atoms with van der Waals surface area (Å²) < 4.78 is 13.2. The fraction of sp³-hybridized carbons (Fsp3) is 0.538. The van der Waals surface area contributed by atoms with Gasteiger partial charge in [0.2, 0.25) is 0 Å². The maximum atomic E-state index is 13.2. The predicted molar refractivity (Wildman–Crippen MR) is 67.4 cm³/mol. The van der Waals surface area contributed by atoms with E-state index in [1.54, 1.807) is 13.0 Å². The molecule has 0 saturated heterocycles. The maximum Gasteiger partial charge on any atom is 0.128 e. The molecule has 16 heavy (non-hydrogen) atoms. The van der Waals surface area contributed by atoms with Gasteiger partial charge in [-0.05, 0) is 32.1 Å². The standard InChI is InChI=1S/C13H21FN2/c1-4-16(5-2)10-9-15-13-8-6-7-12(14)11(13)3/h6-8,15H,4-5,9-10H2,1-3H3. The summed E-state index contributed by atoms with van der Waals surface area (Å²) in [6, 6.07) is 5.15. The quantitative estimate of drug-likeness (QED) is 0.799. The first kappa shape index (κ1) is 13.0. The minimum Gasteiger partial charge on any atom is -0.383 e. The van der Waals surface area contributed by atoms with Crippen molar-refractivity contribution in [1.29, 1.82) is 0 Å². The van der Waals surface area contributed by atoms with Crippen LogP contribution in [0.5, 0.6) is 0 Å². The Morgan fingerprint density at radius 1 is 1.25 bits per heavy atom. The summed E-state index contributed by atoms with van der Waals surface area (Å²) in [5.41, 5.74) is 1.59. The van der Waals surface area contributed by atoms with Gasteiger partial charge in [0.05, 0.1) is 0 Å². The first-order valence-corrected chi connectivity index (χ1v) is 5.90. The van der Waals surface area contributed by atoms with E-state index in [0.717, 1.165) is 31.9 Å². The van der Waals surface area contributed by atoms with Gasteiger partial charge < -0.3 is 10.2 Å². The molecule has 0 atom stereocenters. The SMILES string of the molecule is CCN(CC)CCNc1cccc(F)c1C. The molecule has 0 aromatic heterocycles. The Kier molecular flexibility index (Phi) is 5.26. The second-order valence-corrected chi connectivity index (χ2v) is 3.87. The smallest absolute Gasteiger partial charge is 0.128 e. The molecule has 0 unspecified atom stereocenters. The fourth-order valence-electron chi connectivity index (χ4n) is 1.69. The summed E-state index contributed by atoms with van der Waals surface area (Å²) in [4.78, 5) is 2.33. The minimum absolute atomic E-state index is 0.146. The van der Waals surface area contributed by atoms with E-state index in [1.807, 2.05) is 6.07 Å². The zero-order chi connectivity index (χ0) is 12.0. The Balaban J connectivity index is 2.46. The third-order valence-electron chi connectivity index (χ3n) is 2.91. The van der Waals surface area contributed by atoms with Crippen molar-refractivity contribution in [3.05, 3.63) is 29.6 Å². The van der Waals surface area contributed by atoms with Crippen molar-refractivity contribution in [2.24, 2.45) is 0 Å². The van der Waals surface area contributed by atoms with E-state index < -0.39 is 0 Å². The molecule has 3 heteroatoms. The van der Waals surface area contributed by atoms with E-state index >= 15 is 0 Å². The number of rotatable bonds is 6. The number of benzene rings is 1. The summed E-state index contributed by atoms with van der Waals surface area (Å²) in [6.07, 6.45) is 0. The predicted octanol–water partition coefficient (Wildman–Crippen LogP) is 2.89. The van der Waals surface area contributed by atoms with Gasteiger partial charge >= 0.3 is 0 Å². The Morgan fingerprint density at radius 2 is 1.94 bits per heavy atom. The summed E-state index contributed by atoms with van der Waals surface area (Å²) in [5, 5.41) is 3.27. The average molecular weight is 224 g/mol. The number of nitrogens with one attached hydrogen (secondary N) is 1. The number of likely N-dealkylation sites (N-methyl/N-ethyl adjacent to an activating group) is 1. The van der Waals surface area contributed by atoms with Crippen molar-refractivity contribution in [2.75, 3.05) is 31.5 Å². The first-order chi connectivity index (χ1) is 7.69. The molecule has 1 N–H and O–H groups in total. The van der Waals surface area contributed by atoms with E-state index in [2.05, 4.69) is 24.1 Å². The van der Waals surface area contributed by atoms with E-state index in [-0.39, 0.29) is 5.82 Å². The highest BCUT2D eigenvalue weighted by atomic mass is 19.1. The summed E-state index contributed by atoms with van der Waals surface area (Å²) in [6.45, 7) is 10.1. The lowest BCUT2D eigenvalue weighted by atomic mass is 10.2. The molecular weight excluding hydrogens is 203 g/mol. The second kappa shape index (κ2) is 6.48. The molecule has 0 heterocycles. The lowest BCUT2D eigenvalue weighted by Crippen LogP contribution is -2.28. The summed E-state index contributed by atoms with van der Waals surface area (Å²) in [5.74, 6) is -0.146. The minimum atomic E-state index is -0.146. The van der Waals surface area contributed by atoms with E-state index in [4.69, 9.17) is 0 Å². The summed E-state index contributed by atoms with van der Waals surface area (Å²) >= 11 is 0. The molecule has 0 amide bonds. The van der Waals surface area contributed by atoms with Gasteiger partial charge in [-0.2, -0.15) is 0 Å². The highest BCUT2D eigenvalue weighted by Crippen LogP contribution is 2.16. The maximum absolute atomic E-state index is 13.2. The molecule has 90 valence electrons. The first-order valence-electron chi connectivity index (χ1n) is 5.90. The van der Waals surface area contributed by atoms with Crippen LogP contribution in [0.1, 0.15) is 19.4 Å². The molecule has 0 fully saturated rings. The van der Waals surface area contributed by atoms with Crippen LogP contribution in [0.15, 0.2) is 18.2 Å². The molecule has 1 rings (SSSR count). The van der Waals surface area contributed by atoms with E-state index in [1.165, 1.54) is 6.07 Å². The van der Waals surface area contributed by atoms with Gasteiger partial charge in [-0.25, -0.2) is 4.39 Å². The number of halogens is 1.